The number of methoxy groups -OCH3 is 1. The maximum absolute atomic E-state index is 10.6. The lowest BCUT2D eigenvalue weighted by Gasteiger charge is -2.18. The van der Waals surface area contributed by atoms with Gasteiger partial charge in [0.1, 0.15) is 5.75 Å². The highest BCUT2D eigenvalue weighted by atomic mass is 16.5. The van der Waals surface area contributed by atoms with Crippen molar-refractivity contribution >= 4 is 23.6 Å². The van der Waals surface area contributed by atoms with Crippen LogP contribution in [0.25, 0.3) is 0 Å². The number of aliphatic carboxylic acids is 1. The maximum atomic E-state index is 10.6. The van der Waals surface area contributed by atoms with Gasteiger partial charge in [0.05, 0.1) is 18.5 Å². The second-order valence-corrected chi connectivity index (χ2v) is 4.83. The van der Waals surface area contributed by atoms with E-state index in [1.807, 2.05) is 26.0 Å². The lowest BCUT2D eigenvalue weighted by Crippen LogP contribution is -2.17. The van der Waals surface area contributed by atoms with Gasteiger partial charge in [-0.25, -0.2) is 0 Å². The number of aliphatic imine (C=N–C) groups is 1. The van der Waals surface area contributed by atoms with Crippen molar-refractivity contribution in [3.63, 3.8) is 0 Å². The Labute approximate surface area is 125 Å². The molecular weight excluding hydrogens is 268 g/mol. The average Bonchev–Trinajstić information content (AvgIpc) is 2.44. The molecule has 0 aliphatic carbocycles. The van der Waals surface area contributed by atoms with E-state index in [0.717, 1.165) is 22.7 Å². The summed E-state index contributed by atoms with van der Waals surface area (Å²) in [6.07, 6.45) is 3.90. The quantitative estimate of drug-likeness (QED) is 0.718. The number of allylic oxidation sites excluding steroid dienone is 1. The van der Waals surface area contributed by atoms with Crippen molar-refractivity contribution in [1.29, 1.82) is 0 Å². The fraction of sp³-hybridized carbons (Fsp3) is 0.375. The zero-order chi connectivity index (χ0) is 15.8. The summed E-state index contributed by atoms with van der Waals surface area (Å²) >= 11 is 0. The monoisotopic (exact) mass is 290 g/mol. The average molecular weight is 290 g/mol. The lowest BCUT2D eigenvalue weighted by atomic mass is 10.1. The molecule has 0 radical (unpaired) electrons. The van der Waals surface area contributed by atoms with Crippen LogP contribution in [0.2, 0.25) is 0 Å². The minimum atomic E-state index is -0.796. The highest BCUT2D eigenvalue weighted by molar-refractivity contribution is 5.80. The number of carboxylic acid groups (broad SMARTS) is 1. The van der Waals surface area contributed by atoms with Gasteiger partial charge < -0.3 is 15.2 Å². The Kier molecular flexibility index (Phi) is 6.46. The summed E-state index contributed by atoms with van der Waals surface area (Å²) < 4.78 is 5.27. The number of carbonyl (C=O) groups is 1. The van der Waals surface area contributed by atoms with Crippen molar-refractivity contribution in [2.75, 3.05) is 12.4 Å². The molecule has 2 N–H and O–H groups in total. The number of carboxylic acids is 1. The third-order valence-electron chi connectivity index (χ3n) is 3.01. The molecule has 0 aliphatic rings. The Hall–Kier alpha value is -2.30. The summed E-state index contributed by atoms with van der Waals surface area (Å²) in [7, 11) is 1.61. The highest BCUT2D eigenvalue weighted by Crippen LogP contribution is 2.34. The molecule has 0 heterocycles. The van der Waals surface area contributed by atoms with Crippen LogP contribution in [0.1, 0.15) is 25.3 Å². The number of benzene rings is 1. The Balaban J connectivity index is 3.01. The Morgan fingerprint density at radius 3 is 2.86 bits per heavy atom. The summed E-state index contributed by atoms with van der Waals surface area (Å²) in [6, 6.07) is 3.79. The van der Waals surface area contributed by atoms with Gasteiger partial charge in [-0.1, -0.05) is 12.7 Å². The SMILES string of the molecule is C=CC=Nc1c(C)cc(OC)cc1NC(C)CCC(=O)O. The molecule has 1 unspecified atom stereocenters. The van der Waals surface area contributed by atoms with Crippen molar-refractivity contribution in [3.8, 4) is 5.75 Å². The molecule has 21 heavy (non-hydrogen) atoms. The largest absolute Gasteiger partial charge is 0.497 e. The molecule has 0 amide bonds. The number of ether oxygens (including phenoxy) is 1. The fourth-order valence-electron chi connectivity index (χ4n) is 1.95. The lowest BCUT2D eigenvalue weighted by molar-refractivity contribution is -0.137. The molecule has 5 heteroatoms. The molecule has 1 aromatic rings. The predicted octanol–water partition coefficient (Wildman–Crippen LogP) is 3.56. The van der Waals surface area contributed by atoms with Crippen molar-refractivity contribution in [2.45, 2.75) is 32.7 Å². The molecule has 0 aromatic heterocycles. The summed E-state index contributed by atoms with van der Waals surface area (Å²) in [5.41, 5.74) is 2.60. The normalized spacial score (nSPS) is 12.1. The molecule has 5 nitrogen and oxygen atoms in total. The van der Waals surface area contributed by atoms with Gasteiger partial charge in [0.2, 0.25) is 0 Å². The molecular formula is C16H22N2O3. The van der Waals surface area contributed by atoms with Gasteiger partial charge in [-0.3, -0.25) is 9.79 Å². The van der Waals surface area contributed by atoms with E-state index in [0.29, 0.717) is 6.42 Å². The zero-order valence-electron chi connectivity index (χ0n) is 12.7. The predicted molar refractivity (Wildman–Crippen MR) is 86.0 cm³/mol. The smallest absolute Gasteiger partial charge is 0.303 e. The van der Waals surface area contributed by atoms with E-state index >= 15 is 0 Å². The van der Waals surface area contributed by atoms with Crippen molar-refractivity contribution < 1.29 is 14.6 Å². The molecule has 0 saturated carbocycles. The van der Waals surface area contributed by atoms with Gasteiger partial charge in [0, 0.05) is 24.7 Å². The number of aryl methyl sites for hydroxylation is 1. The fourth-order valence-corrected chi connectivity index (χ4v) is 1.95. The van der Waals surface area contributed by atoms with Gasteiger partial charge >= 0.3 is 5.97 Å². The number of hydrogen-bond donors (Lipinski definition) is 2. The first-order valence-electron chi connectivity index (χ1n) is 6.80. The van der Waals surface area contributed by atoms with Crippen LogP contribution in [0.4, 0.5) is 11.4 Å². The van der Waals surface area contributed by atoms with E-state index in [2.05, 4.69) is 16.9 Å². The van der Waals surface area contributed by atoms with Gasteiger partial charge in [-0.15, -0.1) is 0 Å². The van der Waals surface area contributed by atoms with Crippen molar-refractivity contribution in [3.05, 3.63) is 30.4 Å². The number of nitrogens with one attached hydrogen (secondary N) is 1. The highest BCUT2D eigenvalue weighted by Gasteiger charge is 2.11. The standard InChI is InChI=1S/C16H22N2O3/c1-5-8-17-16-11(2)9-13(21-4)10-14(16)18-12(3)6-7-15(19)20/h5,8-10,12,18H,1,6-7H2,2-4H3,(H,19,20). The minimum absolute atomic E-state index is 0.0188. The molecule has 0 saturated heterocycles. The Bertz CT molecular complexity index is 539. The molecule has 1 rings (SSSR count). The van der Waals surface area contributed by atoms with Gasteiger partial charge in [0.15, 0.2) is 0 Å². The third kappa shape index (κ3) is 5.30. The van der Waals surface area contributed by atoms with E-state index < -0.39 is 5.97 Å². The molecule has 0 bridgehead atoms. The van der Waals surface area contributed by atoms with E-state index in [9.17, 15) is 4.79 Å². The summed E-state index contributed by atoms with van der Waals surface area (Å²) in [6.45, 7) is 7.51. The van der Waals surface area contributed by atoms with Crippen LogP contribution in [0.5, 0.6) is 5.75 Å². The van der Waals surface area contributed by atoms with E-state index in [-0.39, 0.29) is 12.5 Å². The molecule has 114 valence electrons. The van der Waals surface area contributed by atoms with Crippen LogP contribution in [0, 0.1) is 6.92 Å². The summed E-state index contributed by atoms with van der Waals surface area (Å²) in [5.74, 6) is -0.0617. The van der Waals surface area contributed by atoms with Crippen LogP contribution in [-0.4, -0.2) is 30.4 Å². The first kappa shape index (κ1) is 16.8. The second-order valence-electron chi connectivity index (χ2n) is 4.83. The Morgan fingerprint density at radius 2 is 2.29 bits per heavy atom. The summed E-state index contributed by atoms with van der Waals surface area (Å²) in [5, 5.41) is 12.0. The number of hydrogen-bond acceptors (Lipinski definition) is 4. The third-order valence-corrected chi connectivity index (χ3v) is 3.01. The topological polar surface area (TPSA) is 70.9 Å². The minimum Gasteiger partial charge on any atom is -0.497 e. The van der Waals surface area contributed by atoms with E-state index in [1.165, 1.54) is 0 Å². The number of anilines is 1. The van der Waals surface area contributed by atoms with Crippen LogP contribution in [-0.2, 0) is 4.79 Å². The van der Waals surface area contributed by atoms with Crippen molar-refractivity contribution in [2.24, 2.45) is 4.99 Å². The van der Waals surface area contributed by atoms with Crippen LogP contribution < -0.4 is 10.1 Å². The van der Waals surface area contributed by atoms with Crippen LogP contribution in [0.3, 0.4) is 0 Å². The first-order valence-corrected chi connectivity index (χ1v) is 6.80. The van der Waals surface area contributed by atoms with E-state index in [4.69, 9.17) is 9.84 Å². The maximum Gasteiger partial charge on any atom is 0.303 e. The number of nitrogens with zero attached hydrogens (tertiary/aromatic N) is 1. The Morgan fingerprint density at radius 1 is 1.57 bits per heavy atom. The van der Waals surface area contributed by atoms with Crippen molar-refractivity contribution in [1.82, 2.24) is 0 Å². The van der Waals surface area contributed by atoms with E-state index in [1.54, 1.807) is 19.4 Å². The first-order chi connectivity index (χ1) is 9.97. The van der Waals surface area contributed by atoms with Crippen LogP contribution >= 0.6 is 0 Å². The van der Waals surface area contributed by atoms with Crippen LogP contribution in [0.15, 0.2) is 29.8 Å². The molecule has 1 atom stereocenters. The number of rotatable bonds is 8. The van der Waals surface area contributed by atoms with Gasteiger partial charge in [0.25, 0.3) is 0 Å². The van der Waals surface area contributed by atoms with Gasteiger partial charge in [-0.05, 0) is 31.9 Å². The molecule has 0 spiro atoms. The summed E-state index contributed by atoms with van der Waals surface area (Å²) in [4.78, 5) is 15.0. The van der Waals surface area contributed by atoms with Gasteiger partial charge in [-0.2, -0.15) is 0 Å². The molecule has 1 aromatic carbocycles. The second kappa shape index (κ2) is 8.09. The molecule has 0 fully saturated rings. The zero-order valence-corrected chi connectivity index (χ0v) is 12.7. The molecule has 0 aliphatic heterocycles.